The van der Waals surface area contributed by atoms with Crippen LogP contribution in [-0.4, -0.2) is 47.3 Å². The van der Waals surface area contributed by atoms with Gasteiger partial charge in [0.05, 0.1) is 31.1 Å². The van der Waals surface area contributed by atoms with Crippen LogP contribution in [0.2, 0.25) is 0 Å². The Hall–Kier alpha value is -2.67. The van der Waals surface area contributed by atoms with E-state index in [9.17, 15) is 4.79 Å². The maximum absolute atomic E-state index is 11.2. The predicted molar refractivity (Wildman–Crippen MR) is 85.8 cm³/mol. The maximum atomic E-state index is 11.2. The van der Waals surface area contributed by atoms with Gasteiger partial charge in [0.25, 0.3) is 0 Å². The van der Waals surface area contributed by atoms with Crippen LogP contribution in [0.5, 0.6) is 0 Å². The molecule has 2 aromatic heterocycles. The lowest BCUT2D eigenvalue weighted by molar-refractivity contribution is 0.0697. The van der Waals surface area contributed by atoms with Crippen LogP contribution >= 0.6 is 0 Å². The van der Waals surface area contributed by atoms with Gasteiger partial charge in [-0.15, -0.1) is 0 Å². The summed E-state index contributed by atoms with van der Waals surface area (Å²) in [7, 11) is 0. The summed E-state index contributed by atoms with van der Waals surface area (Å²) < 4.78 is 5.35. The fourth-order valence-corrected chi connectivity index (χ4v) is 2.44. The average molecular weight is 314 g/mol. The molecule has 0 spiro atoms. The van der Waals surface area contributed by atoms with Crippen molar-refractivity contribution in [3.8, 4) is 0 Å². The predicted octanol–water partition coefficient (Wildman–Crippen LogP) is 1.62. The van der Waals surface area contributed by atoms with Crippen molar-refractivity contribution in [1.29, 1.82) is 0 Å². The number of nitrogens with zero attached hydrogens (tertiary/aromatic N) is 3. The standard InChI is InChI=1S/C16H18N4O3/c21-16(22)13-11-17-5-4-14(13)18-10-12-2-1-3-15(19-12)20-6-8-23-9-7-20/h1-5,11H,6-10H2,(H,17,18)(H,21,22). The molecule has 0 atom stereocenters. The maximum Gasteiger partial charge on any atom is 0.339 e. The largest absolute Gasteiger partial charge is 0.478 e. The highest BCUT2D eigenvalue weighted by Gasteiger charge is 2.13. The van der Waals surface area contributed by atoms with Crippen molar-refractivity contribution in [1.82, 2.24) is 9.97 Å². The number of aromatic nitrogens is 2. The summed E-state index contributed by atoms with van der Waals surface area (Å²) in [6.07, 6.45) is 2.90. The van der Waals surface area contributed by atoms with Crippen LogP contribution in [0.1, 0.15) is 16.1 Å². The van der Waals surface area contributed by atoms with Crippen LogP contribution in [0.25, 0.3) is 0 Å². The molecular formula is C16H18N4O3. The fraction of sp³-hybridized carbons (Fsp3) is 0.312. The average Bonchev–Trinajstić information content (AvgIpc) is 2.61. The van der Waals surface area contributed by atoms with Crippen LogP contribution in [-0.2, 0) is 11.3 Å². The van der Waals surface area contributed by atoms with E-state index in [0.717, 1.165) is 24.6 Å². The van der Waals surface area contributed by atoms with E-state index < -0.39 is 5.97 Å². The number of morpholine rings is 1. The molecule has 1 aliphatic heterocycles. The Balaban J connectivity index is 1.70. The highest BCUT2D eigenvalue weighted by molar-refractivity contribution is 5.93. The summed E-state index contributed by atoms with van der Waals surface area (Å²) in [5, 5.41) is 12.3. The molecule has 0 aliphatic carbocycles. The van der Waals surface area contributed by atoms with Gasteiger partial charge in [-0.1, -0.05) is 6.07 Å². The SMILES string of the molecule is O=C(O)c1cnccc1NCc1cccc(N2CCOCC2)n1. The minimum absolute atomic E-state index is 0.150. The highest BCUT2D eigenvalue weighted by atomic mass is 16.5. The Morgan fingerprint density at radius 3 is 2.91 bits per heavy atom. The van der Waals surface area contributed by atoms with E-state index in [-0.39, 0.29) is 5.56 Å². The second-order valence-corrected chi connectivity index (χ2v) is 5.17. The Bertz CT molecular complexity index is 687. The summed E-state index contributed by atoms with van der Waals surface area (Å²) in [4.78, 5) is 21.8. The molecule has 0 radical (unpaired) electrons. The zero-order valence-electron chi connectivity index (χ0n) is 12.6. The van der Waals surface area contributed by atoms with Crippen molar-refractivity contribution in [3.05, 3.63) is 47.9 Å². The van der Waals surface area contributed by atoms with Crippen LogP contribution in [0.15, 0.2) is 36.7 Å². The molecule has 3 rings (SSSR count). The Morgan fingerprint density at radius 1 is 1.30 bits per heavy atom. The highest BCUT2D eigenvalue weighted by Crippen LogP contribution is 2.16. The number of hydrogen-bond acceptors (Lipinski definition) is 6. The molecule has 0 saturated carbocycles. The number of nitrogens with one attached hydrogen (secondary N) is 1. The van der Waals surface area contributed by atoms with E-state index in [1.54, 1.807) is 12.3 Å². The first kappa shape index (κ1) is 15.2. The first-order chi connectivity index (χ1) is 11.2. The van der Waals surface area contributed by atoms with Crippen LogP contribution in [0.3, 0.4) is 0 Å². The summed E-state index contributed by atoms with van der Waals surface area (Å²) in [5.41, 5.74) is 1.53. The molecule has 120 valence electrons. The van der Waals surface area contributed by atoms with Gasteiger partial charge >= 0.3 is 5.97 Å². The van der Waals surface area contributed by atoms with Crippen LogP contribution in [0.4, 0.5) is 11.5 Å². The first-order valence-electron chi connectivity index (χ1n) is 7.44. The Labute approximate surface area is 133 Å². The lowest BCUT2D eigenvalue weighted by Crippen LogP contribution is -2.36. The summed E-state index contributed by atoms with van der Waals surface area (Å²) in [6, 6.07) is 7.50. The molecule has 0 unspecified atom stereocenters. The van der Waals surface area contributed by atoms with Gasteiger partial charge in [-0.25, -0.2) is 9.78 Å². The second-order valence-electron chi connectivity index (χ2n) is 5.17. The van der Waals surface area contributed by atoms with Crippen molar-refractivity contribution < 1.29 is 14.6 Å². The van der Waals surface area contributed by atoms with E-state index in [4.69, 9.17) is 9.84 Å². The lowest BCUT2D eigenvalue weighted by atomic mass is 10.2. The van der Waals surface area contributed by atoms with E-state index in [1.165, 1.54) is 6.20 Å². The molecule has 0 amide bonds. The Kier molecular flexibility index (Phi) is 4.68. The van der Waals surface area contributed by atoms with Crippen LogP contribution < -0.4 is 10.2 Å². The molecule has 2 N–H and O–H groups in total. The van der Waals surface area contributed by atoms with E-state index in [1.807, 2.05) is 18.2 Å². The quantitative estimate of drug-likeness (QED) is 0.867. The molecule has 1 aliphatic rings. The van der Waals surface area contributed by atoms with Gasteiger partial charge in [-0.2, -0.15) is 0 Å². The van der Waals surface area contributed by atoms with Crippen LogP contribution in [0, 0.1) is 0 Å². The van der Waals surface area contributed by atoms with Crippen molar-refractivity contribution in [2.75, 3.05) is 36.5 Å². The number of carbonyl (C=O) groups is 1. The second kappa shape index (κ2) is 7.06. The zero-order chi connectivity index (χ0) is 16.1. The summed E-state index contributed by atoms with van der Waals surface area (Å²) >= 11 is 0. The number of ether oxygens (including phenoxy) is 1. The zero-order valence-corrected chi connectivity index (χ0v) is 12.6. The number of pyridine rings is 2. The smallest absolute Gasteiger partial charge is 0.339 e. The summed E-state index contributed by atoms with van der Waals surface area (Å²) in [6.45, 7) is 3.53. The van der Waals surface area contributed by atoms with Gasteiger partial charge in [-0.05, 0) is 18.2 Å². The van der Waals surface area contributed by atoms with Gasteiger partial charge in [0, 0.05) is 25.5 Å². The minimum Gasteiger partial charge on any atom is -0.478 e. The number of carboxylic acid groups (broad SMARTS) is 1. The first-order valence-corrected chi connectivity index (χ1v) is 7.44. The number of aromatic carboxylic acids is 1. The molecule has 1 fully saturated rings. The topological polar surface area (TPSA) is 87.6 Å². The molecule has 2 aromatic rings. The molecule has 1 saturated heterocycles. The molecule has 3 heterocycles. The molecule has 7 nitrogen and oxygen atoms in total. The van der Waals surface area contributed by atoms with Gasteiger partial charge in [-0.3, -0.25) is 4.98 Å². The van der Waals surface area contributed by atoms with E-state index in [2.05, 4.69) is 20.2 Å². The molecule has 0 bridgehead atoms. The number of anilines is 2. The molecule has 7 heteroatoms. The minimum atomic E-state index is -1.00. The van der Waals surface area contributed by atoms with Crippen molar-refractivity contribution in [2.45, 2.75) is 6.54 Å². The normalized spacial score (nSPS) is 14.5. The third kappa shape index (κ3) is 3.75. The molecular weight excluding hydrogens is 296 g/mol. The number of rotatable bonds is 5. The van der Waals surface area contributed by atoms with Gasteiger partial charge in [0.2, 0.25) is 0 Å². The van der Waals surface area contributed by atoms with Crippen molar-refractivity contribution in [2.24, 2.45) is 0 Å². The van der Waals surface area contributed by atoms with Gasteiger partial charge in [0.15, 0.2) is 0 Å². The molecule has 0 aromatic carbocycles. The van der Waals surface area contributed by atoms with Gasteiger partial charge in [0.1, 0.15) is 11.4 Å². The summed E-state index contributed by atoms with van der Waals surface area (Å²) in [5.74, 6) is -0.0867. The number of carboxylic acids is 1. The lowest BCUT2D eigenvalue weighted by Gasteiger charge is -2.28. The molecule has 23 heavy (non-hydrogen) atoms. The van der Waals surface area contributed by atoms with E-state index >= 15 is 0 Å². The van der Waals surface area contributed by atoms with Gasteiger partial charge < -0.3 is 20.1 Å². The fourth-order valence-electron chi connectivity index (χ4n) is 2.44. The van der Waals surface area contributed by atoms with Crippen molar-refractivity contribution >= 4 is 17.5 Å². The van der Waals surface area contributed by atoms with Crippen molar-refractivity contribution in [3.63, 3.8) is 0 Å². The number of hydrogen-bond donors (Lipinski definition) is 2. The third-order valence-corrected chi connectivity index (χ3v) is 3.64. The van der Waals surface area contributed by atoms with E-state index in [0.29, 0.717) is 25.4 Å². The monoisotopic (exact) mass is 314 g/mol. The third-order valence-electron chi connectivity index (χ3n) is 3.64. The Morgan fingerprint density at radius 2 is 2.13 bits per heavy atom.